The maximum Gasteiger partial charge on any atom is 0.240 e. The average Bonchev–Trinajstić information content (AvgIpc) is 2.63. The number of pyridine rings is 1. The summed E-state index contributed by atoms with van der Waals surface area (Å²) >= 11 is 0. The Morgan fingerprint density at radius 1 is 1.16 bits per heavy atom. The zero-order valence-electron chi connectivity index (χ0n) is 14.0. The highest BCUT2D eigenvalue weighted by atomic mass is 35.5. The van der Waals surface area contributed by atoms with E-state index < -0.39 is 0 Å². The van der Waals surface area contributed by atoms with Gasteiger partial charge in [0.2, 0.25) is 5.91 Å². The van der Waals surface area contributed by atoms with Crippen molar-refractivity contribution in [3.8, 4) is 11.1 Å². The first-order valence-corrected chi connectivity index (χ1v) is 7.86. The van der Waals surface area contributed by atoms with Crippen LogP contribution in [0.15, 0.2) is 48.8 Å². The number of hydrogen-bond acceptors (Lipinski definition) is 4. The van der Waals surface area contributed by atoms with Crippen molar-refractivity contribution in [2.45, 2.75) is 19.0 Å². The molecule has 25 heavy (non-hydrogen) atoms. The Balaban J connectivity index is 0.00000156. The second-order valence-corrected chi connectivity index (χ2v) is 5.67. The van der Waals surface area contributed by atoms with Crippen LogP contribution in [0.1, 0.15) is 18.5 Å². The summed E-state index contributed by atoms with van der Waals surface area (Å²) in [6, 6.07) is 11.9. The molecule has 2 atom stereocenters. The van der Waals surface area contributed by atoms with E-state index in [1.165, 1.54) is 0 Å². The molecule has 1 aliphatic heterocycles. The number of halogens is 2. The second-order valence-electron chi connectivity index (χ2n) is 5.67. The Morgan fingerprint density at radius 3 is 2.40 bits per heavy atom. The van der Waals surface area contributed by atoms with Crippen molar-refractivity contribution in [2.24, 2.45) is 0 Å². The lowest BCUT2D eigenvalue weighted by molar-refractivity contribution is -0.126. The van der Waals surface area contributed by atoms with Crippen LogP contribution in [-0.2, 0) is 9.53 Å². The summed E-state index contributed by atoms with van der Waals surface area (Å²) in [6.07, 6.45) is 3.57. The quantitative estimate of drug-likeness (QED) is 0.851. The standard InChI is InChI=1S/C18H21N3O2.2ClH/c1-13(21-18(22)17-12-23-11-10-20-17)14-2-4-15(5-3-14)16-6-8-19-9-7-16;;/h2-9,13,17,20H,10-12H2,1H3,(H,21,22);2*1H. The molecule has 1 fully saturated rings. The lowest BCUT2D eigenvalue weighted by Gasteiger charge is -2.25. The van der Waals surface area contributed by atoms with Crippen molar-refractivity contribution in [1.82, 2.24) is 15.6 Å². The van der Waals surface area contributed by atoms with E-state index in [2.05, 4.69) is 27.8 Å². The van der Waals surface area contributed by atoms with Crippen LogP contribution in [0.25, 0.3) is 11.1 Å². The third kappa shape index (κ3) is 5.68. The van der Waals surface area contributed by atoms with Gasteiger partial charge in [-0.15, -0.1) is 24.8 Å². The highest BCUT2D eigenvalue weighted by Crippen LogP contribution is 2.21. The minimum atomic E-state index is -0.262. The molecule has 0 radical (unpaired) electrons. The van der Waals surface area contributed by atoms with Crippen LogP contribution in [0.4, 0.5) is 0 Å². The van der Waals surface area contributed by atoms with Crippen molar-refractivity contribution < 1.29 is 9.53 Å². The molecule has 1 aliphatic rings. The minimum absolute atomic E-state index is 0. The third-order valence-corrected chi connectivity index (χ3v) is 4.02. The summed E-state index contributed by atoms with van der Waals surface area (Å²) < 4.78 is 5.33. The molecule has 1 saturated heterocycles. The van der Waals surface area contributed by atoms with Crippen molar-refractivity contribution in [3.05, 3.63) is 54.4 Å². The van der Waals surface area contributed by atoms with Gasteiger partial charge in [0.25, 0.3) is 0 Å². The molecule has 2 aromatic rings. The highest BCUT2D eigenvalue weighted by Gasteiger charge is 2.22. The Morgan fingerprint density at radius 2 is 1.80 bits per heavy atom. The zero-order valence-corrected chi connectivity index (χ0v) is 15.6. The van der Waals surface area contributed by atoms with E-state index in [4.69, 9.17) is 4.74 Å². The number of amides is 1. The van der Waals surface area contributed by atoms with Gasteiger partial charge in [-0.2, -0.15) is 0 Å². The number of nitrogens with zero attached hydrogens (tertiary/aromatic N) is 1. The van der Waals surface area contributed by atoms with Gasteiger partial charge in [0, 0.05) is 18.9 Å². The summed E-state index contributed by atoms with van der Waals surface area (Å²) in [5.41, 5.74) is 3.34. The van der Waals surface area contributed by atoms with Gasteiger partial charge in [0.05, 0.1) is 19.3 Å². The van der Waals surface area contributed by atoms with Gasteiger partial charge in [-0.1, -0.05) is 24.3 Å². The molecule has 0 spiro atoms. The molecular formula is C18H23Cl2N3O2. The van der Waals surface area contributed by atoms with Gasteiger partial charge in [0.15, 0.2) is 0 Å². The molecule has 1 aromatic heterocycles. The molecule has 1 aromatic carbocycles. The van der Waals surface area contributed by atoms with Crippen LogP contribution in [-0.4, -0.2) is 36.7 Å². The fraction of sp³-hybridized carbons (Fsp3) is 0.333. The smallest absolute Gasteiger partial charge is 0.240 e. The van der Waals surface area contributed by atoms with Gasteiger partial charge in [-0.25, -0.2) is 0 Å². The van der Waals surface area contributed by atoms with Crippen LogP contribution in [0.2, 0.25) is 0 Å². The van der Waals surface area contributed by atoms with Gasteiger partial charge in [-0.05, 0) is 35.7 Å². The van der Waals surface area contributed by atoms with E-state index in [0.29, 0.717) is 19.8 Å². The topological polar surface area (TPSA) is 63.2 Å². The normalized spacial score (nSPS) is 17.6. The molecule has 2 N–H and O–H groups in total. The van der Waals surface area contributed by atoms with Crippen molar-refractivity contribution in [3.63, 3.8) is 0 Å². The molecular weight excluding hydrogens is 361 g/mol. The first kappa shape index (κ1) is 21.4. The molecule has 2 heterocycles. The van der Waals surface area contributed by atoms with E-state index in [0.717, 1.165) is 16.7 Å². The first-order chi connectivity index (χ1) is 11.2. The predicted molar refractivity (Wildman–Crippen MR) is 103 cm³/mol. The molecule has 136 valence electrons. The first-order valence-electron chi connectivity index (χ1n) is 7.86. The second kappa shape index (κ2) is 10.4. The van der Waals surface area contributed by atoms with E-state index >= 15 is 0 Å². The fourth-order valence-electron chi connectivity index (χ4n) is 2.64. The predicted octanol–water partition coefficient (Wildman–Crippen LogP) is 2.76. The Kier molecular flexibility index (Phi) is 8.86. The fourth-order valence-corrected chi connectivity index (χ4v) is 2.64. The van der Waals surface area contributed by atoms with Crippen LogP contribution in [0.3, 0.4) is 0 Å². The van der Waals surface area contributed by atoms with Crippen LogP contribution < -0.4 is 10.6 Å². The molecule has 0 saturated carbocycles. The molecule has 0 aliphatic carbocycles. The Hall–Kier alpha value is -1.66. The molecule has 5 nitrogen and oxygen atoms in total. The van der Waals surface area contributed by atoms with Crippen molar-refractivity contribution >= 4 is 30.7 Å². The highest BCUT2D eigenvalue weighted by molar-refractivity contribution is 5.85. The lowest BCUT2D eigenvalue weighted by Crippen LogP contribution is -2.51. The van der Waals surface area contributed by atoms with E-state index in [-0.39, 0.29) is 42.8 Å². The molecule has 2 unspecified atom stereocenters. The number of ether oxygens (including phenoxy) is 1. The van der Waals surface area contributed by atoms with E-state index in [1.807, 2.05) is 31.2 Å². The lowest BCUT2D eigenvalue weighted by atomic mass is 10.0. The van der Waals surface area contributed by atoms with Gasteiger partial charge < -0.3 is 15.4 Å². The monoisotopic (exact) mass is 383 g/mol. The summed E-state index contributed by atoms with van der Waals surface area (Å²) in [5.74, 6) is -0.0181. The van der Waals surface area contributed by atoms with Gasteiger partial charge in [-0.3, -0.25) is 9.78 Å². The number of benzene rings is 1. The maximum absolute atomic E-state index is 12.2. The maximum atomic E-state index is 12.2. The largest absolute Gasteiger partial charge is 0.378 e. The number of aromatic nitrogens is 1. The summed E-state index contributed by atoms with van der Waals surface area (Å²) in [5, 5.41) is 6.20. The van der Waals surface area contributed by atoms with Crippen LogP contribution in [0, 0.1) is 0 Å². The number of morpholine rings is 1. The Bertz CT molecular complexity index is 647. The molecule has 0 bridgehead atoms. The number of carbonyl (C=O) groups is 1. The van der Waals surface area contributed by atoms with E-state index in [9.17, 15) is 4.79 Å². The molecule has 3 rings (SSSR count). The van der Waals surface area contributed by atoms with Crippen LogP contribution in [0.5, 0.6) is 0 Å². The molecule has 1 amide bonds. The van der Waals surface area contributed by atoms with E-state index in [1.54, 1.807) is 12.4 Å². The average molecular weight is 384 g/mol. The van der Waals surface area contributed by atoms with Crippen molar-refractivity contribution in [2.75, 3.05) is 19.8 Å². The Labute approximate surface area is 160 Å². The SMILES string of the molecule is CC(NC(=O)C1COCCN1)c1ccc(-c2ccncc2)cc1.Cl.Cl. The molecule has 7 heteroatoms. The van der Waals surface area contributed by atoms with Gasteiger partial charge in [0.1, 0.15) is 6.04 Å². The number of carbonyl (C=O) groups excluding carboxylic acids is 1. The zero-order chi connectivity index (χ0) is 16.1. The third-order valence-electron chi connectivity index (χ3n) is 4.02. The van der Waals surface area contributed by atoms with Crippen LogP contribution >= 0.6 is 24.8 Å². The minimum Gasteiger partial charge on any atom is -0.378 e. The number of rotatable bonds is 4. The van der Waals surface area contributed by atoms with Crippen molar-refractivity contribution in [1.29, 1.82) is 0 Å². The summed E-state index contributed by atoms with van der Waals surface area (Å²) in [7, 11) is 0. The summed E-state index contributed by atoms with van der Waals surface area (Å²) in [4.78, 5) is 16.2. The van der Waals surface area contributed by atoms with Gasteiger partial charge >= 0.3 is 0 Å². The summed E-state index contributed by atoms with van der Waals surface area (Å²) in [6.45, 7) is 3.80. The number of hydrogen-bond donors (Lipinski definition) is 2. The number of nitrogens with one attached hydrogen (secondary N) is 2.